The van der Waals surface area contributed by atoms with Crippen molar-refractivity contribution in [2.75, 3.05) is 39.0 Å². The van der Waals surface area contributed by atoms with E-state index < -0.39 is 15.6 Å². The second-order valence-electron chi connectivity index (χ2n) is 8.07. The second-order valence-corrected chi connectivity index (χ2v) is 9.81. The van der Waals surface area contributed by atoms with Crippen molar-refractivity contribution in [2.24, 2.45) is 10.9 Å². The van der Waals surface area contributed by atoms with Gasteiger partial charge in [-0.3, -0.25) is 4.99 Å². The van der Waals surface area contributed by atoms with Crippen molar-refractivity contribution in [2.45, 2.75) is 59.0 Å². The van der Waals surface area contributed by atoms with E-state index in [2.05, 4.69) is 39.1 Å². The average Bonchev–Trinajstić information content (AvgIpc) is 2.44. The van der Waals surface area contributed by atoms with Gasteiger partial charge in [-0.05, 0) is 39.5 Å². The highest BCUT2D eigenvalue weighted by Crippen LogP contribution is 2.12. The van der Waals surface area contributed by atoms with Gasteiger partial charge >= 0.3 is 0 Å². The molecule has 1 heterocycles. The number of halogens is 1. The van der Waals surface area contributed by atoms with Crippen LogP contribution >= 0.6 is 24.0 Å². The van der Waals surface area contributed by atoms with Crippen molar-refractivity contribution >= 4 is 40.0 Å². The molecule has 0 radical (unpaired) electrons. The van der Waals surface area contributed by atoms with Crippen LogP contribution in [-0.2, 0) is 10.0 Å². The van der Waals surface area contributed by atoms with Crippen LogP contribution in [0.2, 0.25) is 0 Å². The molecule has 0 bridgehead atoms. The average molecular weight is 503 g/mol. The Hall–Kier alpha value is -0.130. The Morgan fingerprint density at radius 2 is 1.85 bits per heavy atom. The molecule has 156 valence electrons. The Balaban J connectivity index is 0.00000625. The van der Waals surface area contributed by atoms with Gasteiger partial charge in [0.05, 0.1) is 12.8 Å². The van der Waals surface area contributed by atoms with Gasteiger partial charge in [0.1, 0.15) is 0 Å². The number of sulfonamides is 1. The summed E-state index contributed by atoms with van der Waals surface area (Å²) in [6.45, 7) is 14.7. The largest absolute Gasteiger partial charge is 0.357 e. The Morgan fingerprint density at radius 1 is 1.27 bits per heavy atom. The van der Waals surface area contributed by atoms with Crippen LogP contribution in [0.25, 0.3) is 0 Å². The first-order valence-corrected chi connectivity index (χ1v) is 11.2. The molecule has 0 spiro atoms. The van der Waals surface area contributed by atoms with Crippen LogP contribution in [0.5, 0.6) is 0 Å². The van der Waals surface area contributed by atoms with Gasteiger partial charge in [-0.2, -0.15) is 0 Å². The minimum Gasteiger partial charge on any atom is -0.357 e. The van der Waals surface area contributed by atoms with Crippen LogP contribution in [0, 0.1) is 5.92 Å². The number of piperidine rings is 1. The van der Waals surface area contributed by atoms with E-state index in [9.17, 15) is 8.42 Å². The van der Waals surface area contributed by atoms with Gasteiger partial charge in [0, 0.05) is 37.8 Å². The number of likely N-dealkylation sites (tertiary alicyclic amines) is 1. The van der Waals surface area contributed by atoms with Crippen molar-refractivity contribution in [3.63, 3.8) is 0 Å². The highest BCUT2D eigenvalue weighted by Gasteiger charge is 2.23. The smallest absolute Gasteiger partial charge is 0.209 e. The van der Waals surface area contributed by atoms with Gasteiger partial charge in [-0.25, -0.2) is 13.1 Å². The predicted octanol–water partition coefficient (Wildman–Crippen LogP) is 1.61. The van der Waals surface area contributed by atoms with Crippen molar-refractivity contribution in [3.05, 3.63) is 0 Å². The molecule has 0 unspecified atom stereocenters. The third kappa shape index (κ3) is 11.6. The van der Waals surface area contributed by atoms with Gasteiger partial charge in [0.25, 0.3) is 0 Å². The van der Waals surface area contributed by atoms with E-state index in [0.717, 1.165) is 45.0 Å². The first kappa shape index (κ1) is 25.9. The first-order valence-electron chi connectivity index (χ1n) is 9.27. The van der Waals surface area contributed by atoms with Crippen LogP contribution in [0.4, 0.5) is 0 Å². The number of nitrogens with zero attached hydrogens (tertiary/aromatic N) is 2. The first-order chi connectivity index (χ1) is 11.5. The maximum absolute atomic E-state index is 11.4. The molecule has 1 aliphatic rings. The molecule has 0 saturated carbocycles. The molecular formula is C17H38IN5O2S. The molecule has 1 saturated heterocycles. The zero-order chi connectivity index (χ0) is 19.1. The minimum atomic E-state index is -3.25. The summed E-state index contributed by atoms with van der Waals surface area (Å²) >= 11 is 0. The summed E-state index contributed by atoms with van der Waals surface area (Å²) in [6, 6.07) is 0.409. The monoisotopic (exact) mass is 503 g/mol. The van der Waals surface area contributed by atoms with E-state index in [-0.39, 0.29) is 24.0 Å². The third-order valence-corrected chi connectivity index (χ3v) is 4.91. The summed E-state index contributed by atoms with van der Waals surface area (Å²) in [6.07, 6.45) is 3.37. The lowest BCUT2D eigenvalue weighted by Gasteiger charge is -2.34. The number of nitrogens with one attached hydrogen (secondary N) is 3. The molecule has 26 heavy (non-hydrogen) atoms. The van der Waals surface area contributed by atoms with Gasteiger partial charge in [0.2, 0.25) is 10.0 Å². The van der Waals surface area contributed by atoms with Crippen LogP contribution in [-0.4, -0.2) is 69.8 Å². The molecule has 9 heteroatoms. The van der Waals surface area contributed by atoms with Crippen LogP contribution < -0.4 is 15.4 Å². The lowest BCUT2D eigenvalue weighted by molar-refractivity contribution is 0.187. The second kappa shape index (κ2) is 11.7. The summed E-state index contributed by atoms with van der Waals surface area (Å²) in [5.74, 6) is 1.46. The van der Waals surface area contributed by atoms with E-state index in [0.29, 0.717) is 18.5 Å². The number of hydrogen-bond donors (Lipinski definition) is 3. The normalized spacial score (nSPS) is 17.9. The van der Waals surface area contributed by atoms with Crippen molar-refractivity contribution in [1.29, 1.82) is 0 Å². The molecule has 0 aromatic heterocycles. The van der Waals surface area contributed by atoms with Crippen molar-refractivity contribution < 1.29 is 8.42 Å². The van der Waals surface area contributed by atoms with Crippen LogP contribution in [0.1, 0.15) is 47.5 Å². The Morgan fingerprint density at radius 3 is 2.31 bits per heavy atom. The molecule has 0 aromatic rings. The number of guanidine groups is 1. The van der Waals surface area contributed by atoms with Gasteiger partial charge in [-0.1, -0.05) is 13.8 Å². The summed E-state index contributed by atoms with van der Waals surface area (Å²) < 4.78 is 25.5. The fraction of sp³-hybridized carbons (Fsp3) is 0.941. The molecule has 0 aliphatic carbocycles. The Kier molecular flexibility index (Phi) is 11.6. The molecule has 0 amide bonds. The number of hydrogen-bond acceptors (Lipinski definition) is 4. The van der Waals surface area contributed by atoms with E-state index in [4.69, 9.17) is 0 Å². The molecule has 3 N–H and O–H groups in total. The predicted molar refractivity (Wildman–Crippen MR) is 121 cm³/mol. The van der Waals surface area contributed by atoms with E-state index in [1.54, 1.807) is 0 Å². The number of rotatable bonds is 8. The zero-order valence-electron chi connectivity index (χ0n) is 17.1. The van der Waals surface area contributed by atoms with Gasteiger partial charge in [0.15, 0.2) is 5.96 Å². The molecule has 0 aromatic carbocycles. The summed E-state index contributed by atoms with van der Waals surface area (Å²) in [4.78, 5) is 7.10. The lowest BCUT2D eigenvalue weighted by atomic mass is 10.0. The standard InChI is InChI=1S/C17H37N5O2S.HI/c1-7-18-16(19-13-17(4,5)21-25(6,23)24)20-15-8-10-22(11-9-15)12-14(2)3;/h14-15,21H,7-13H2,1-6H3,(H2,18,19,20);1H. The van der Waals surface area contributed by atoms with E-state index in [1.165, 1.54) is 6.26 Å². The van der Waals surface area contributed by atoms with Gasteiger partial charge in [-0.15, -0.1) is 24.0 Å². The van der Waals surface area contributed by atoms with Gasteiger partial charge < -0.3 is 15.5 Å². The summed E-state index contributed by atoms with van der Waals surface area (Å²) in [7, 11) is -3.25. The lowest BCUT2D eigenvalue weighted by Crippen LogP contribution is -2.50. The fourth-order valence-corrected chi connectivity index (χ4v) is 4.17. The topological polar surface area (TPSA) is 85.8 Å². The zero-order valence-corrected chi connectivity index (χ0v) is 20.3. The fourth-order valence-electron chi connectivity index (χ4n) is 3.10. The summed E-state index contributed by atoms with van der Waals surface area (Å²) in [5, 5.41) is 6.76. The van der Waals surface area contributed by atoms with Crippen LogP contribution in [0.3, 0.4) is 0 Å². The van der Waals surface area contributed by atoms with Crippen molar-refractivity contribution in [3.8, 4) is 0 Å². The third-order valence-electron chi connectivity index (χ3n) is 3.99. The van der Waals surface area contributed by atoms with Crippen LogP contribution in [0.15, 0.2) is 4.99 Å². The van der Waals surface area contributed by atoms with E-state index in [1.807, 2.05) is 20.8 Å². The molecule has 1 aliphatic heterocycles. The van der Waals surface area contributed by atoms with E-state index >= 15 is 0 Å². The Labute approximate surface area is 177 Å². The number of aliphatic imine (C=N–C) groups is 1. The molecule has 1 fully saturated rings. The maximum Gasteiger partial charge on any atom is 0.209 e. The molecular weight excluding hydrogens is 465 g/mol. The minimum absolute atomic E-state index is 0. The molecule has 1 rings (SSSR count). The molecule has 7 nitrogen and oxygen atoms in total. The maximum atomic E-state index is 11.4. The highest BCUT2D eigenvalue weighted by atomic mass is 127. The summed E-state index contributed by atoms with van der Waals surface area (Å²) in [5.41, 5.74) is -0.615. The quantitative estimate of drug-likeness (QED) is 0.266. The van der Waals surface area contributed by atoms with Crippen molar-refractivity contribution in [1.82, 2.24) is 20.3 Å². The molecule has 0 atom stereocenters. The highest BCUT2D eigenvalue weighted by molar-refractivity contribution is 14.0. The Bertz CT molecular complexity index is 529. The SMILES string of the molecule is CCNC(=NCC(C)(C)NS(C)(=O)=O)NC1CCN(CC(C)C)CC1.I.